The van der Waals surface area contributed by atoms with Crippen LogP contribution in [-0.2, 0) is 11.3 Å². The van der Waals surface area contributed by atoms with E-state index in [0.29, 0.717) is 27.1 Å². The van der Waals surface area contributed by atoms with E-state index < -0.39 is 5.76 Å². The Balaban J connectivity index is 0.00000220. The summed E-state index contributed by atoms with van der Waals surface area (Å²) in [4.78, 5) is 12.5. The number of hydrogen-bond donors (Lipinski definition) is 2. The number of alkyl halides is 2. The quantitative estimate of drug-likeness (QED) is 0.745. The lowest BCUT2D eigenvalue weighted by molar-refractivity contribution is -0.116. The normalized spacial score (nSPS) is 10.2. The van der Waals surface area contributed by atoms with Crippen molar-refractivity contribution in [1.29, 1.82) is 5.41 Å². The lowest BCUT2D eigenvalue weighted by Gasteiger charge is -2.07. The van der Waals surface area contributed by atoms with Gasteiger partial charge in [-0.1, -0.05) is 11.8 Å². The van der Waals surface area contributed by atoms with Gasteiger partial charge in [0.05, 0.1) is 0 Å². The predicted molar refractivity (Wildman–Crippen MR) is 75.1 cm³/mol. The third-order valence-electron chi connectivity index (χ3n) is 2.36. The van der Waals surface area contributed by atoms with E-state index in [1.807, 2.05) is 0 Å². The van der Waals surface area contributed by atoms with E-state index in [-0.39, 0.29) is 24.9 Å². The van der Waals surface area contributed by atoms with Crippen molar-refractivity contribution < 1.29 is 26.0 Å². The van der Waals surface area contributed by atoms with Crippen LogP contribution in [0.3, 0.4) is 0 Å². The Kier molecular flexibility index (Phi) is 6.86. The Morgan fingerprint density at radius 1 is 1.38 bits per heavy atom. The SMILES string of the molecule is N=c1sccn1CC(=O)Nc1ccc(SC(F)F)cc1.[Cl-]. The summed E-state index contributed by atoms with van der Waals surface area (Å²) in [5.41, 5.74) is 0.538. The standard InChI is InChI=1S/C12H11F2N3OS2.ClH/c13-11(14)20-9-3-1-8(2-4-9)16-10(18)7-17-5-6-19-12(17)15;/h1-6,11,15H,7H2,(H,16,18);1H/p-1. The van der Waals surface area contributed by atoms with Crippen molar-refractivity contribution in [2.45, 2.75) is 17.2 Å². The van der Waals surface area contributed by atoms with Crippen molar-refractivity contribution in [3.8, 4) is 0 Å². The molecule has 2 N–H and O–H groups in total. The minimum absolute atomic E-state index is 0. The highest BCUT2D eigenvalue weighted by Crippen LogP contribution is 2.26. The molecule has 0 unspecified atom stereocenters. The summed E-state index contributed by atoms with van der Waals surface area (Å²) < 4.78 is 25.8. The minimum Gasteiger partial charge on any atom is -1.00 e. The van der Waals surface area contributed by atoms with Crippen LogP contribution in [0.4, 0.5) is 14.5 Å². The molecule has 21 heavy (non-hydrogen) atoms. The number of amides is 1. The van der Waals surface area contributed by atoms with Gasteiger partial charge in [0.1, 0.15) is 6.54 Å². The first-order chi connectivity index (χ1) is 9.54. The van der Waals surface area contributed by atoms with Crippen LogP contribution in [0.15, 0.2) is 40.7 Å². The number of rotatable bonds is 5. The number of aromatic nitrogens is 1. The Bertz CT molecular complexity index is 642. The molecule has 0 aliphatic heterocycles. The third kappa shape index (κ3) is 5.49. The number of benzene rings is 1. The molecule has 2 aromatic rings. The van der Waals surface area contributed by atoms with Crippen molar-refractivity contribution in [3.05, 3.63) is 40.6 Å². The first-order valence-electron chi connectivity index (χ1n) is 5.58. The maximum atomic E-state index is 12.2. The summed E-state index contributed by atoms with van der Waals surface area (Å²) in [6.45, 7) is 0.0515. The third-order valence-corrected chi connectivity index (χ3v) is 3.80. The van der Waals surface area contributed by atoms with E-state index in [1.165, 1.54) is 28.0 Å². The molecule has 9 heteroatoms. The van der Waals surface area contributed by atoms with Gasteiger partial charge in [-0.2, -0.15) is 8.78 Å². The molecule has 0 spiro atoms. The van der Waals surface area contributed by atoms with Gasteiger partial charge >= 0.3 is 0 Å². The summed E-state index contributed by atoms with van der Waals surface area (Å²) in [5.74, 6) is -2.72. The molecular weight excluding hydrogens is 340 g/mol. The second kappa shape index (κ2) is 8.16. The molecule has 1 heterocycles. The Morgan fingerprint density at radius 2 is 2.05 bits per heavy atom. The zero-order chi connectivity index (χ0) is 14.5. The molecule has 0 bridgehead atoms. The van der Waals surface area contributed by atoms with Crippen molar-refractivity contribution in [3.63, 3.8) is 0 Å². The van der Waals surface area contributed by atoms with Crippen LogP contribution in [0.2, 0.25) is 0 Å². The van der Waals surface area contributed by atoms with E-state index >= 15 is 0 Å². The van der Waals surface area contributed by atoms with Gasteiger partial charge in [0, 0.05) is 22.2 Å². The number of anilines is 1. The average Bonchev–Trinajstić information content (AvgIpc) is 2.77. The second-order valence-corrected chi connectivity index (χ2v) is 5.75. The zero-order valence-corrected chi connectivity index (χ0v) is 12.9. The molecule has 114 valence electrons. The first-order valence-corrected chi connectivity index (χ1v) is 7.34. The van der Waals surface area contributed by atoms with E-state index in [9.17, 15) is 13.6 Å². The van der Waals surface area contributed by atoms with Crippen molar-refractivity contribution in [2.75, 3.05) is 5.32 Å². The fourth-order valence-corrected chi connectivity index (χ4v) is 2.60. The fourth-order valence-electron chi connectivity index (χ4n) is 1.50. The molecule has 0 fully saturated rings. The molecular formula is C12H11ClF2N3OS2-. The molecule has 1 aromatic heterocycles. The van der Waals surface area contributed by atoms with Gasteiger partial charge in [0.25, 0.3) is 5.76 Å². The predicted octanol–water partition coefficient (Wildman–Crippen LogP) is -0.0135. The highest BCUT2D eigenvalue weighted by molar-refractivity contribution is 7.99. The Hall–Kier alpha value is -1.38. The zero-order valence-electron chi connectivity index (χ0n) is 10.6. The highest BCUT2D eigenvalue weighted by Gasteiger charge is 2.07. The monoisotopic (exact) mass is 350 g/mol. The summed E-state index contributed by atoms with van der Waals surface area (Å²) in [5, 5.41) is 11.9. The molecule has 0 saturated carbocycles. The van der Waals surface area contributed by atoms with Gasteiger partial charge in [-0.25, -0.2) is 0 Å². The summed E-state index contributed by atoms with van der Waals surface area (Å²) >= 11 is 1.69. The average molecular weight is 351 g/mol. The van der Waals surface area contributed by atoms with Gasteiger partial charge < -0.3 is 22.3 Å². The Labute approximate surface area is 134 Å². The molecule has 0 saturated heterocycles. The molecule has 1 amide bonds. The van der Waals surface area contributed by atoms with E-state index in [2.05, 4.69) is 5.32 Å². The maximum absolute atomic E-state index is 12.2. The maximum Gasteiger partial charge on any atom is 0.288 e. The summed E-state index contributed by atoms with van der Waals surface area (Å²) in [6, 6.07) is 6.20. The van der Waals surface area contributed by atoms with Crippen LogP contribution in [0, 0.1) is 5.41 Å². The van der Waals surface area contributed by atoms with Crippen LogP contribution in [0.1, 0.15) is 0 Å². The molecule has 1 aromatic carbocycles. The molecule has 4 nitrogen and oxygen atoms in total. The number of halogens is 3. The number of carbonyl (C=O) groups excluding carboxylic acids is 1. The van der Waals surface area contributed by atoms with Gasteiger partial charge in [0.2, 0.25) is 5.91 Å². The van der Waals surface area contributed by atoms with Crippen LogP contribution < -0.4 is 22.5 Å². The van der Waals surface area contributed by atoms with Crippen LogP contribution in [0.25, 0.3) is 0 Å². The number of carbonyl (C=O) groups is 1. The second-order valence-electron chi connectivity index (χ2n) is 3.79. The lowest BCUT2D eigenvalue weighted by Crippen LogP contribution is -3.00. The Morgan fingerprint density at radius 3 is 2.57 bits per heavy atom. The van der Waals surface area contributed by atoms with Crippen molar-refractivity contribution in [1.82, 2.24) is 4.57 Å². The van der Waals surface area contributed by atoms with E-state index in [1.54, 1.807) is 23.7 Å². The number of hydrogen-bond acceptors (Lipinski definition) is 4. The van der Waals surface area contributed by atoms with Gasteiger partial charge in [-0.15, -0.1) is 11.3 Å². The molecule has 0 radical (unpaired) electrons. The topological polar surface area (TPSA) is 57.9 Å². The highest BCUT2D eigenvalue weighted by atomic mass is 35.5. The number of nitrogens with one attached hydrogen (secondary N) is 2. The lowest BCUT2D eigenvalue weighted by atomic mass is 10.3. The van der Waals surface area contributed by atoms with Gasteiger partial charge in [-0.05, 0) is 24.3 Å². The fraction of sp³-hybridized carbons (Fsp3) is 0.167. The molecule has 0 aliphatic carbocycles. The summed E-state index contributed by atoms with van der Waals surface area (Å²) in [7, 11) is 0. The number of thioether (sulfide) groups is 1. The van der Waals surface area contributed by atoms with Crippen molar-refractivity contribution in [2.24, 2.45) is 0 Å². The number of nitrogens with zero attached hydrogens (tertiary/aromatic N) is 1. The van der Waals surface area contributed by atoms with Gasteiger partial charge in [-0.3, -0.25) is 10.2 Å². The van der Waals surface area contributed by atoms with Crippen LogP contribution in [0.5, 0.6) is 0 Å². The minimum atomic E-state index is -2.46. The molecule has 0 atom stereocenters. The van der Waals surface area contributed by atoms with Crippen LogP contribution in [-0.4, -0.2) is 16.2 Å². The van der Waals surface area contributed by atoms with Gasteiger partial charge in [0.15, 0.2) is 4.80 Å². The van der Waals surface area contributed by atoms with Crippen LogP contribution >= 0.6 is 23.1 Å². The largest absolute Gasteiger partial charge is 1.00 e. The summed E-state index contributed by atoms with van der Waals surface area (Å²) in [6.07, 6.45) is 1.66. The van der Waals surface area contributed by atoms with Crippen molar-refractivity contribution >= 4 is 34.7 Å². The van der Waals surface area contributed by atoms with E-state index in [4.69, 9.17) is 5.41 Å². The molecule has 2 rings (SSSR count). The smallest absolute Gasteiger partial charge is 0.288 e. The first kappa shape index (κ1) is 17.7. The number of thiazole rings is 1. The molecule has 0 aliphatic rings. The van der Waals surface area contributed by atoms with E-state index in [0.717, 1.165) is 0 Å².